The summed E-state index contributed by atoms with van der Waals surface area (Å²) in [7, 11) is 1.73. The predicted octanol–water partition coefficient (Wildman–Crippen LogP) is 10.5. The number of likely N-dealkylation sites (tertiary alicyclic amines) is 1. The molecule has 1 aliphatic heterocycles. The second-order valence-corrected chi connectivity index (χ2v) is 18.0. The first-order chi connectivity index (χ1) is 29.7. The number of allylic oxidation sites excluding steroid dienone is 1. The zero-order valence-electron chi connectivity index (χ0n) is 38.5. The molecule has 4 heterocycles. The van der Waals surface area contributed by atoms with Crippen LogP contribution in [0.1, 0.15) is 83.2 Å². The Hall–Kier alpha value is -3.85. The van der Waals surface area contributed by atoms with Crippen LogP contribution in [0.15, 0.2) is 92.0 Å². The van der Waals surface area contributed by atoms with Gasteiger partial charge in [-0.2, -0.15) is 25.3 Å². The monoisotopic (exact) mass is 903 g/mol. The van der Waals surface area contributed by atoms with Gasteiger partial charge in [0, 0.05) is 108 Å². The number of thiazole rings is 1. The number of ether oxygens (including phenoxy) is 2. The van der Waals surface area contributed by atoms with Gasteiger partial charge in [0.05, 0.1) is 40.3 Å². The highest BCUT2D eigenvalue weighted by Crippen LogP contribution is 2.43. The van der Waals surface area contributed by atoms with Crippen molar-refractivity contribution < 1.29 is 14.3 Å². The highest BCUT2D eigenvalue weighted by molar-refractivity contribution is 7.80. The molecule has 1 aliphatic rings. The Labute approximate surface area is 387 Å². The third-order valence-corrected chi connectivity index (χ3v) is 13.0. The number of rotatable bonds is 22. The van der Waals surface area contributed by atoms with Crippen LogP contribution in [0.25, 0.3) is 33.4 Å². The largest absolute Gasteiger partial charge is 0.501 e. The van der Waals surface area contributed by atoms with Crippen molar-refractivity contribution in [1.29, 1.82) is 0 Å². The molecule has 0 aliphatic carbocycles. The molecule has 3 aromatic heterocycles. The lowest BCUT2D eigenvalue weighted by Gasteiger charge is -2.27. The van der Waals surface area contributed by atoms with E-state index in [9.17, 15) is 4.79 Å². The predicted molar refractivity (Wildman–Crippen MR) is 269 cm³/mol. The maximum absolute atomic E-state index is 12.1. The van der Waals surface area contributed by atoms with Crippen LogP contribution in [0.5, 0.6) is 0 Å². The first-order valence-electron chi connectivity index (χ1n) is 21.6. The van der Waals surface area contributed by atoms with E-state index in [4.69, 9.17) is 43.6 Å². The number of fused-ring (bicyclic) bond motifs is 1. The summed E-state index contributed by atoms with van der Waals surface area (Å²) >= 11 is 9.78. The normalized spacial score (nSPS) is 15.8. The van der Waals surface area contributed by atoms with Crippen LogP contribution in [0.3, 0.4) is 0 Å². The van der Waals surface area contributed by atoms with Gasteiger partial charge in [-0.3, -0.25) is 10.8 Å². The number of methoxy groups -OCH3 is 1. The molecule has 5 atom stereocenters. The molecule has 5 unspecified atom stereocenters. The molecule has 0 amide bonds. The van der Waals surface area contributed by atoms with Crippen molar-refractivity contribution in [3.05, 3.63) is 108 Å². The molecule has 1 saturated heterocycles. The number of carbonyl (C=O) groups excluding carboxylic acids is 1. The number of hydrogen-bond acceptors (Lipinski definition) is 12. The summed E-state index contributed by atoms with van der Waals surface area (Å²) in [6.45, 7) is 32.5. The topological polar surface area (TPSA) is 125 Å². The van der Waals surface area contributed by atoms with Crippen molar-refractivity contribution in [3.63, 3.8) is 0 Å². The highest BCUT2D eigenvalue weighted by atomic mass is 32.1. The number of aromatic nitrogens is 3. The fraction of sp³-hybridized carbons (Fsp3) is 0.490. The molecule has 4 aromatic rings. The lowest BCUT2D eigenvalue weighted by Crippen LogP contribution is -2.43. The number of aryl methyl sites for hydroxylation is 1. The molecule has 0 radical (unpaired) electrons. The zero-order valence-corrected chi connectivity index (χ0v) is 41.1. The Kier molecular flexibility index (Phi) is 21.5. The molecule has 13 heteroatoms. The van der Waals surface area contributed by atoms with E-state index >= 15 is 0 Å². The molecule has 1 aromatic carbocycles. The maximum Gasteiger partial charge on any atom is 0.125 e. The molecular formula is C49H73N7O3S3. The summed E-state index contributed by atoms with van der Waals surface area (Å²) in [4.78, 5) is 24.2. The number of aldehydes is 1. The quantitative estimate of drug-likeness (QED) is 0.0116. The van der Waals surface area contributed by atoms with Crippen molar-refractivity contribution in [2.45, 2.75) is 91.7 Å². The first-order valence-corrected chi connectivity index (χ1v) is 23.9. The number of carbonyl (C=O) groups is 1. The van der Waals surface area contributed by atoms with E-state index in [-0.39, 0.29) is 28.7 Å². The van der Waals surface area contributed by atoms with Gasteiger partial charge in [-0.05, 0) is 69.2 Å². The van der Waals surface area contributed by atoms with Crippen LogP contribution < -0.4 is 11.6 Å². The number of benzene rings is 1. The van der Waals surface area contributed by atoms with Crippen LogP contribution >= 0.6 is 36.6 Å². The SMILES string of the molecule is C=C(N)C1CC(=C)N(CC)C1.C=COCC(C)(C)Cc1c(-c2cccnc2C(OC)C(C)C=C)n(CC)c2ccc(-c3csc(CC(C=O)C(S)N(N)CCCC)n3)cc12.CS. The molecule has 5 rings (SSSR count). The minimum atomic E-state index is -0.375. The molecule has 1 fully saturated rings. The van der Waals surface area contributed by atoms with Crippen LogP contribution in [-0.2, 0) is 33.7 Å². The van der Waals surface area contributed by atoms with E-state index in [0.717, 1.165) is 101 Å². The number of thiol groups is 2. The van der Waals surface area contributed by atoms with Gasteiger partial charge in [0.25, 0.3) is 0 Å². The Morgan fingerprint density at radius 2 is 1.90 bits per heavy atom. The van der Waals surface area contributed by atoms with E-state index in [2.05, 4.69) is 120 Å². The number of hydrogen-bond donors (Lipinski definition) is 4. The maximum atomic E-state index is 12.1. The lowest BCUT2D eigenvalue weighted by molar-refractivity contribution is -0.112. The van der Waals surface area contributed by atoms with Crippen LogP contribution in [-0.4, -0.2) is 75.7 Å². The molecule has 4 N–H and O–H groups in total. The Bertz CT molecular complexity index is 2080. The van der Waals surface area contributed by atoms with Gasteiger partial charge in [-0.15, -0.1) is 17.9 Å². The molecule has 0 spiro atoms. The Morgan fingerprint density at radius 3 is 2.47 bits per heavy atom. The minimum absolute atomic E-state index is 0.0605. The third-order valence-electron chi connectivity index (χ3n) is 11.4. The number of nitrogens with two attached hydrogens (primary N) is 2. The van der Waals surface area contributed by atoms with Crippen molar-refractivity contribution in [2.75, 3.05) is 39.6 Å². The molecular weight excluding hydrogens is 831 g/mol. The number of hydrazine groups is 1. The van der Waals surface area contributed by atoms with Gasteiger partial charge in [-0.25, -0.2) is 9.99 Å². The molecule has 62 heavy (non-hydrogen) atoms. The second-order valence-electron chi connectivity index (χ2n) is 16.5. The summed E-state index contributed by atoms with van der Waals surface area (Å²) in [6.07, 6.45) is 11.9. The highest BCUT2D eigenvalue weighted by Gasteiger charge is 2.31. The average molecular weight is 904 g/mol. The van der Waals surface area contributed by atoms with Gasteiger partial charge in [0.1, 0.15) is 12.4 Å². The standard InChI is InChI=1S/C39H53N5O3S2.C9H16N2.CH4S/c1-9-13-19-44(40)38(48)28(23-45)21-34-42-32(24-49-34)27-16-17-33-30(20-27)31(22-39(6,7)25-47-12-4)36(43(33)11-3)29-15-14-18-41-35(29)37(46-8)26(5)10-2;1-4-11-6-9(8(3)10)5-7(11)2;1-2/h10,12,14-18,20,23-24,26,28,37-38,48H,2,4,9,11,13,19,21-22,25,40H2,1,3,5-8H3;9H,2-6,10H2,1H3;2H,1H3. The summed E-state index contributed by atoms with van der Waals surface area (Å²) in [5.41, 5.74) is 14.7. The van der Waals surface area contributed by atoms with Crippen LogP contribution in [0, 0.1) is 23.2 Å². The van der Waals surface area contributed by atoms with Gasteiger partial charge in [-0.1, -0.05) is 66.0 Å². The summed E-state index contributed by atoms with van der Waals surface area (Å²) in [5, 5.41) is 5.40. The number of unbranched alkanes of at least 4 members (excludes halogenated alkanes) is 1. The molecule has 340 valence electrons. The molecule has 0 bridgehead atoms. The van der Waals surface area contributed by atoms with Gasteiger partial charge in [0.15, 0.2) is 0 Å². The van der Waals surface area contributed by atoms with Crippen molar-refractivity contribution in [3.8, 4) is 22.5 Å². The molecule has 0 saturated carbocycles. The smallest absolute Gasteiger partial charge is 0.125 e. The zero-order chi connectivity index (χ0) is 46.1. The van der Waals surface area contributed by atoms with Crippen molar-refractivity contribution in [2.24, 2.45) is 34.7 Å². The Morgan fingerprint density at radius 1 is 1.18 bits per heavy atom. The second kappa shape index (κ2) is 25.4. The van der Waals surface area contributed by atoms with E-state index in [0.29, 0.717) is 25.5 Å². The Balaban J connectivity index is 0.000000677. The van der Waals surface area contributed by atoms with E-state index in [1.54, 1.807) is 29.7 Å². The van der Waals surface area contributed by atoms with E-state index in [1.165, 1.54) is 17.5 Å². The van der Waals surface area contributed by atoms with Gasteiger partial charge >= 0.3 is 0 Å². The van der Waals surface area contributed by atoms with Crippen molar-refractivity contribution >= 4 is 53.8 Å². The van der Waals surface area contributed by atoms with Crippen LogP contribution in [0.2, 0.25) is 0 Å². The third kappa shape index (κ3) is 13.3. The fourth-order valence-electron chi connectivity index (χ4n) is 7.91. The van der Waals surface area contributed by atoms with Gasteiger partial charge < -0.3 is 29.5 Å². The fourth-order valence-corrected chi connectivity index (χ4v) is 9.08. The summed E-state index contributed by atoms with van der Waals surface area (Å²) < 4.78 is 14.2. The minimum Gasteiger partial charge on any atom is -0.501 e. The van der Waals surface area contributed by atoms with E-state index < -0.39 is 0 Å². The number of nitrogens with zero attached hydrogens (tertiary/aromatic N) is 5. The summed E-state index contributed by atoms with van der Waals surface area (Å²) in [6, 6.07) is 10.7. The summed E-state index contributed by atoms with van der Waals surface area (Å²) in [5.74, 6) is 6.37. The van der Waals surface area contributed by atoms with Crippen molar-refractivity contribution in [1.82, 2.24) is 24.4 Å². The lowest BCUT2D eigenvalue weighted by atomic mass is 9.84. The van der Waals surface area contributed by atoms with Gasteiger partial charge in [0.2, 0.25) is 0 Å². The van der Waals surface area contributed by atoms with Crippen LogP contribution in [0.4, 0.5) is 0 Å². The molecule has 10 nitrogen and oxygen atoms in total. The average Bonchev–Trinajstić information content (AvgIpc) is 4.00. The van der Waals surface area contributed by atoms with E-state index in [1.807, 2.05) is 18.3 Å². The number of pyridine rings is 1. The first kappa shape index (κ1) is 52.5.